The fourth-order valence-corrected chi connectivity index (χ4v) is 6.35. The number of hydrogen-bond donors (Lipinski definition) is 1. The summed E-state index contributed by atoms with van der Waals surface area (Å²) in [5.41, 5.74) is 1.83. The van der Waals surface area contributed by atoms with Gasteiger partial charge in [0.05, 0.1) is 23.2 Å². The molecule has 7 nitrogen and oxygen atoms in total. The van der Waals surface area contributed by atoms with E-state index in [-0.39, 0.29) is 17.5 Å². The number of nitrogens with one attached hydrogen (secondary N) is 1. The van der Waals surface area contributed by atoms with Crippen molar-refractivity contribution in [3.63, 3.8) is 0 Å². The summed E-state index contributed by atoms with van der Waals surface area (Å²) in [6, 6.07) is 19.0. The van der Waals surface area contributed by atoms with Crippen LogP contribution in [0.1, 0.15) is 44.4 Å². The predicted molar refractivity (Wildman–Crippen MR) is 152 cm³/mol. The molecule has 4 rings (SSSR count). The highest BCUT2D eigenvalue weighted by molar-refractivity contribution is 7.98. The molecule has 0 aromatic heterocycles. The Morgan fingerprint density at radius 1 is 1.11 bits per heavy atom. The molecule has 0 aliphatic carbocycles. The van der Waals surface area contributed by atoms with Gasteiger partial charge in [0.15, 0.2) is 0 Å². The number of hydrogen-bond acceptors (Lipinski definition) is 6. The van der Waals surface area contributed by atoms with Crippen LogP contribution in [0.25, 0.3) is 0 Å². The molecule has 1 aliphatic rings. The highest BCUT2D eigenvalue weighted by Gasteiger charge is 2.35. The van der Waals surface area contributed by atoms with E-state index in [9.17, 15) is 13.2 Å². The molecule has 202 valence electrons. The van der Waals surface area contributed by atoms with Crippen LogP contribution in [0.5, 0.6) is 11.5 Å². The third kappa shape index (κ3) is 6.27. The number of ether oxygens (including phenoxy) is 2. The van der Waals surface area contributed by atoms with Crippen molar-refractivity contribution in [3.05, 3.63) is 77.9 Å². The van der Waals surface area contributed by atoms with Gasteiger partial charge in [0.25, 0.3) is 10.0 Å². The van der Waals surface area contributed by atoms with Crippen molar-refractivity contribution in [2.45, 2.75) is 55.5 Å². The molecule has 1 N–H and O–H groups in total. The first-order valence-electron chi connectivity index (χ1n) is 12.5. The van der Waals surface area contributed by atoms with E-state index in [0.29, 0.717) is 24.5 Å². The summed E-state index contributed by atoms with van der Waals surface area (Å²) < 4.78 is 40.4. The fraction of sp³-hybridized carbons (Fsp3) is 0.345. The van der Waals surface area contributed by atoms with Gasteiger partial charge in [-0.2, -0.15) is 0 Å². The monoisotopic (exact) mass is 554 g/mol. The van der Waals surface area contributed by atoms with Gasteiger partial charge in [-0.3, -0.25) is 9.10 Å². The summed E-state index contributed by atoms with van der Waals surface area (Å²) in [5.74, 6) is 0.951. The molecule has 0 radical (unpaired) electrons. The molecule has 1 heterocycles. The summed E-state index contributed by atoms with van der Waals surface area (Å²) in [6.45, 7) is 7.95. The highest BCUT2D eigenvalue weighted by Crippen LogP contribution is 2.40. The molecule has 1 unspecified atom stereocenters. The third-order valence-corrected chi connectivity index (χ3v) is 8.86. The molecule has 1 amide bonds. The second kappa shape index (κ2) is 11.3. The first-order valence-corrected chi connectivity index (χ1v) is 15.2. The van der Waals surface area contributed by atoms with Crippen molar-refractivity contribution >= 4 is 33.4 Å². The van der Waals surface area contributed by atoms with Crippen LogP contribution in [0.3, 0.4) is 0 Å². The molecule has 3 aromatic rings. The topological polar surface area (TPSA) is 84.9 Å². The van der Waals surface area contributed by atoms with Crippen molar-refractivity contribution in [2.75, 3.05) is 23.7 Å². The minimum absolute atomic E-state index is 0.116. The largest absolute Gasteiger partial charge is 0.494 e. The molecular weight excluding hydrogens is 520 g/mol. The average molecular weight is 555 g/mol. The first-order chi connectivity index (χ1) is 18.0. The maximum Gasteiger partial charge on any atom is 0.264 e. The van der Waals surface area contributed by atoms with Crippen molar-refractivity contribution in [1.82, 2.24) is 5.32 Å². The Bertz CT molecular complexity index is 1390. The Labute approximate surface area is 229 Å². The van der Waals surface area contributed by atoms with Crippen molar-refractivity contribution in [2.24, 2.45) is 0 Å². The van der Waals surface area contributed by atoms with Gasteiger partial charge in [-0.15, -0.1) is 11.8 Å². The van der Waals surface area contributed by atoms with Crippen LogP contribution in [0, 0.1) is 6.92 Å². The minimum atomic E-state index is -4.03. The molecule has 0 fully saturated rings. The number of benzene rings is 3. The number of thioether (sulfide) groups is 1. The fourth-order valence-electron chi connectivity index (χ4n) is 4.52. The summed E-state index contributed by atoms with van der Waals surface area (Å²) in [4.78, 5) is 14.5. The number of anilines is 1. The lowest BCUT2D eigenvalue weighted by molar-refractivity contribution is -0.120. The Kier molecular flexibility index (Phi) is 8.28. The molecule has 3 aromatic carbocycles. The molecule has 0 bridgehead atoms. The van der Waals surface area contributed by atoms with Crippen LogP contribution >= 0.6 is 11.8 Å². The molecule has 0 saturated heterocycles. The number of aryl methyl sites for hydroxylation is 1. The third-order valence-electron chi connectivity index (χ3n) is 6.33. The van der Waals surface area contributed by atoms with Crippen LogP contribution in [-0.4, -0.2) is 39.3 Å². The number of amides is 1. The zero-order chi connectivity index (χ0) is 27.5. The summed E-state index contributed by atoms with van der Waals surface area (Å²) >= 11 is 1.53. The van der Waals surface area contributed by atoms with E-state index in [1.807, 2.05) is 52.1 Å². The number of carbonyl (C=O) groups excluding carboxylic acids is 1. The van der Waals surface area contributed by atoms with Crippen molar-refractivity contribution in [1.29, 1.82) is 0 Å². The first kappa shape index (κ1) is 27.9. The summed E-state index contributed by atoms with van der Waals surface area (Å²) in [5, 5.41) is 3.07. The van der Waals surface area contributed by atoms with Gasteiger partial charge in [0.2, 0.25) is 5.91 Å². The molecular formula is C29H34N2O5S2. The molecule has 0 spiro atoms. The van der Waals surface area contributed by atoms with Gasteiger partial charge >= 0.3 is 0 Å². The lowest BCUT2D eigenvalue weighted by atomic mass is 9.89. The second-order valence-electron chi connectivity index (χ2n) is 9.84. The van der Waals surface area contributed by atoms with Gasteiger partial charge in [0, 0.05) is 16.9 Å². The van der Waals surface area contributed by atoms with Gasteiger partial charge in [0.1, 0.15) is 23.6 Å². The Morgan fingerprint density at radius 2 is 1.79 bits per heavy atom. The van der Waals surface area contributed by atoms with Gasteiger partial charge < -0.3 is 14.8 Å². The van der Waals surface area contributed by atoms with E-state index in [1.165, 1.54) is 11.8 Å². The number of nitrogens with zero attached hydrogens (tertiary/aromatic N) is 1. The smallest absolute Gasteiger partial charge is 0.264 e. The average Bonchev–Trinajstić information content (AvgIpc) is 2.87. The van der Waals surface area contributed by atoms with Crippen LogP contribution in [0.15, 0.2) is 76.5 Å². The SMILES string of the molecule is CCOc1ccc(N(CC(=O)NC2CC(C)(C)Oc3cc(C)ccc32)S(=O)(=O)c2ccc(SC)cc2)cc1. The van der Waals surface area contributed by atoms with Crippen LogP contribution in [0.2, 0.25) is 0 Å². The van der Waals surface area contributed by atoms with E-state index in [4.69, 9.17) is 9.47 Å². The summed E-state index contributed by atoms with van der Waals surface area (Å²) in [7, 11) is -4.03. The lowest BCUT2D eigenvalue weighted by Gasteiger charge is -2.38. The number of carbonyl (C=O) groups is 1. The molecule has 9 heteroatoms. The summed E-state index contributed by atoms with van der Waals surface area (Å²) in [6.07, 6.45) is 2.48. The molecule has 38 heavy (non-hydrogen) atoms. The van der Waals surface area contributed by atoms with Crippen molar-refractivity contribution < 1.29 is 22.7 Å². The van der Waals surface area contributed by atoms with E-state index in [0.717, 1.165) is 26.1 Å². The number of fused-ring (bicyclic) bond motifs is 1. The van der Waals surface area contributed by atoms with E-state index in [2.05, 4.69) is 5.32 Å². The predicted octanol–water partition coefficient (Wildman–Crippen LogP) is 5.73. The number of rotatable bonds is 9. The van der Waals surface area contributed by atoms with E-state index in [1.54, 1.807) is 48.5 Å². The van der Waals surface area contributed by atoms with Gasteiger partial charge in [-0.05, 0) is 94.1 Å². The zero-order valence-corrected chi connectivity index (χ0v) is 24.0. The standard InChI is InChI=1S/C29H34N2O5S2/c1-6-35-22-10-8-21(9-11-22)31(38(33,34)24-14-12-23(37-5)13-15-24)19-28(32)30-26-18-29(3,4)36-27-17-20(2)7-16-25(26)27/h7-17,26H,6,18-19H2,1-5H3,(H,30,32). The van der Waals surface area contributed by atoms with E-state index < -0.39 is 21.5 Å². The number of sulfonamides is 1. The Hall–Kier alpha value is -3.17. The van der Waals surface area contributed by atoms with Gasteiger partial charge in [-0.25, -0.2) is 8.42 Å². The Morgan fingerprint density at radius 3 is 2.42 bits per heavy atom. The van der Waals surface area contributed by atoms with Gasteiger partial charge in [-0.1, -0.05) is 12.1 Å². The normalized spacial score (nSPS) is 16.2. The minimum Gasteiger partial charge on any atom is -0.494 e. The van der Waals surface area contributed by atoms with Crippen LogP contribution in [0.4, 0.5) is 5.69 Å². The molecule has 1 atom stereocenters. The quantitative estimate of drug-likeness (QED) is 0.340. The Balaban J connectivity index is 1.64. The van der Waals surface area contributed by atoms with E-state index >= 15 is 0 Å². The molecule has 1 aliphatic heterocycles. The van der Waals surface area contributed by atoms with Crippen LogP contribution < -0.4 is 19.1 Å². The highest BCUT2D eigenvalue weighted by atomic mass is 32.2. The lowest BCUT2D eigenvalue weighted by Crippen LogP contribution is -2.45. The van der Waals surface area contributed by atoms with Crippen LogP contribution in [-0.2, 0) is 14.8 Å². The maximum atomic E-state index is 13.8. The maximum absolute atomic E-state index is 13.8. The molecule has 0 saturated carbocycles. The zero-order valence-electron chi connectivity index (χ0n) is 22.4. The van der Waals surface area contributed by atoms with Crippen molar-refractivity contribution in [3.8, 4) is 11.5 Å². The second-order valence-corrected chi connectivity index (χ2v) is 12.6.